The Bertz CT molecular complexity index is 619. The van der Waals surface area contributed by atoms with Crippen LogP contribution in [0.5, 0.6) is 0 Å². The van der Waals surface area contributed by atoms with Crippen LogP contribution in [0.1, 0.15) is 11.1 Å². The van der Waals surface area contributed by atoms with Crippen LogP contribution >= 0.6 is 31.9 Å². The highest BCUT2D eigenvalue weighted by atomic mass is 79.9. The lowest BCUT2D eigenvalue weighted by Gasteiger charge is -2.15. The predicted octanol–water partition coefficient (Wildman–Crippen LogP) is 5.29. The van der Waals surface area contributed by atoms with Gasteiger partial charge in [0.15, 0.2) is 0 Å². The van der Waals surface area contributed by atoms with Gasteiger partial charge in [0.25, 0.3) is 0 Å². The molecule has 100 valence electrons. The van der Waals surface area contributed by atoms with E-state index in [9.17, 15) is 4.39 Å². The highest BCUT2D eigenvalue weighted by molar-refractivity contribution is 9.10. The number of aryl methyl sites for hydroxylation is 2. The van der Waals surface area contributed by atoms with E-state index in [4.69, 9.17) is 5.73 Å². The molecule has 5 heteroatoms. The first kappa shape index (κ1) is 14.3. The number of nitrogen functional groups attached to an aromatic ring is 1. The van der Waals surface area contributed by atoms with Crippen LogP contribution in [0, 0.1) is 19.7 Å². The fraction of sp³-hybridized carbons (Fsp3) is 0.143. The van der Waals surface area contributed by atoms with Gasteiger partial charge < -0.3 is 11.1 Å². The quantitative estimate of drug-likeness (QED) is 0.686. The number of hydrogen-bond donors (Lipinski definition) is 2. The summed E-state index contributed by atoms with van der Waals surface area (Å²) in [7, 11) is 0. The van der Waals surface area contributed by atoms with E-state index in [1.807, 2.05) is 26.0 Å². The van der Waals surface area contributed by atoms with Crippen LogP contribution < -0.4 is 11.1 Å². The van der Waals surface area contributed by atoms with Crippen LogP contribution in [0.4, 0.5) is 21.5 Å². The van der Waals surface area contributed by atoms with Crippen molar-refractivity contribution in [3.05, 3.63) is 50.2 Å². The van der Waals surface area contributed by atoms with Crippen molar-refractivity contribution < 1.29 is 4.39 Å². The van der Waals surface area contributed by atoms with E-state index in [1.54, 1.807) is 6.07 Å². The van der Waals surface area contributed by atoms with E-state index >= 15 is 0 Å². The van der Waals surface area contributed by atoms with Gasteiger partial charge in [0, 0.05) is 16.2 Å². The average Bonchev–Trinajstić information content (AvgIpc) is 2.29. The molecule has 0 aliphatic rings. The maximum Gasteiger partial charge on any atom is 0.139 e. The van der Waals surface area contributed by atoms with Gasteiger partial charge in [-0.05, 0) is 59.1 Å². The molecule has 0 heterocycles. The number of hydrogen-bond acceptors (Lipinski definition) is 2. The van der Waals surface area contributed by atoms with Crippen molar-refractivity contribution in [2.75, 3.05) is 11.1 Å². The smallest absolute Gasteiger partial charge is 0.139 e. The van der Waals surface area contributed by atoms with E-state index in [0.717, 1.165) is 21.3 Å². The highest BCUT2D eigenvalue weighted by Gasteiger charge is 2.09. The first-order valence-corrected chi connectivity index (χ1v) is 7.25. The largest absolute Gasteiger partial charge is 0.397 e. The number of nitrogens with two attached hydrogens (primary N) is 1. The minimum absolute atomic E-state index is 0.343. The van der Waals surface area contributed by atoms with Gasteiger partial charge in [0.2, 0.25) is 0 Å². The average molecular weight is 388 g/mol. The zero-order valence-corrected chi connectivity index (χ0v) is 13.7. The van der Waals surface area contributed by atoms with Gasteiger partial charge in [0.05, 0.1) is 15.8 Å². The second kappa shape index (κ2) is 5.51. The van der Waals surface area contributed by atoms with E-state index < -0.39 is 0 Å². The predicted molar refractivity (Wildman–Crippen MR) is 85.4 cm³/mol. The van der Waals surface area contributed by atoms with Crippen molar-refractivity contribution in [2.45, 2.75) is 13.8 Å². The Morgan fingerprint density at radius 2 is 1.63 bits per heavy atom. The molecule has 0 unspecified atom stereocenters. The summed E-state index contributed by atoms with van der Waals surface area (Å²) in [5, 5.41) is 3.20. The molecule has 2 rings (SSSR count). The number of rotatable bonds is 2. The fourth-order valence-electron chi connectivity index (χ4n) is 1.91. The Kier molecular flexibility index (Phi) is 4.16. The SMILES string of the molecule is Cc1cc(Br)cc(C)c1Nc1cc(F)c(Br)cc1N. The maximum absolute atomic E-state index is 13.6. The Balaban J connectivity index is 2.45. The van der Waals surface area contributed by atoms with E-state index in [2.05, 4.69) is 37.2 Å². The molecule has 0 saturated heterocycles. The van der Waals surface area contributed by atoms with Gasteiger partial charge in [-0.15, -0.1) is 0 Å². The molecule has 0 radical (unpaired) electrons. The normalized spacial score (nSPS) is 10.6. The van der Waals surface area contributed by atoms with Crippen molar-refractivity contribution in [2.24, 2.45) is 0 Å². The van der Waals surface area contributed by atoms with Gasteiger partial charge in [-0.1, -0.05) is 15.9 Å². The van der Waals surface area contributed by atoms with Gasteiger partial charge in [-0.3, -0.25) is 0 Å². The summed E-state index contributed by atoms with van der Waals surface area (Å²) in [5.41, 5.74) is 10.0. The molecule has 2 aromatic rings. The first-order valence-electron chi connectivity index (χ1n) is 5.67. The Morgan fingerprint density at radius 3 is 2.21 bits per heavy atom. The van der Waals surface area contributed by atoms with Crippen molar-refractivity contribution in [3.8, 4) is 0 Å². The van der Waals surface area contributed by atoms with Crippen molar-refractivity contribution in [1.29, 1.82) is 0 Å². The first-order chi connectivity index (χ1) is 8.88. The number of benzene rings is 2. The summed E-state index contributed by atoms with van der Waals surface area (Å²) in [5.74, 6) is -0.343. The summed E-state index contributed by atoms with van der Waals surface area (Å²) in [6.45, 7) is 3.98. The molecule has 0 saturated carbocycles. The Hall–Kier alpha value is -1.07. The fourth-order valence-corrected chi connectivity index (χ4v) is 2.96. The van der Waals surface area contributed by atoms with E-state index in [1.165, 1.54) is 6.07 Å². The highest BCUT2D eigenvalue weighted by Crippen LogP contribution is 2.32. The zero-order valence-electron chi connectivity index (χ0n) is 10.5. The molecule has 2 aromatic carbocycles. The van der Waals surface area contributed by atoms with Crippen molar-refractivity contribution >= 4 is 48.9 Å². The second-order valence-corrected chi connectivity index (χ2v) is 6.16. The van der Waals surface area contributed by atoms with Gasteiger partial charge in [-0.2, -0.15) is 0 Å². The van der Waals surface area contributed by atoms with Crippen molar-refractivity contribution in [3.63, 3.8) is 0 Å². The third-order valence-corrected chi connectivity index (χ3v) is 3.92. The summed E-state index contributed by atoms with van der Waals surface area (Å²) < 4.78 is 15.0. The Morgan fingerprint density at radius 1 is 1.05 bits per heavy atom. The third-order valence-electron chi connectivity index (χ3n) is 2.85. The van der Waals surface area contributed by atoms with Gasteiger partial charge >= 0.3 is 0 Å². The Labute approximate surface area is 128 Å². The van der Waals surface area contributed by atoms with Gasteiger partial charge in [0.1, 0.15) is 5.82 Å². The van der Waals surface area contributed by atoms with Crippen LogP contribution in [0.25, 0.3) is 0 Å². The molecule has 0 atom stereocenters. The molecule has 3 N–H and O–H groups in total. The van der Waals surface area contributed by atoms with E-state index in [0.29, 0.717) is 15.8 Å². The van der Waals surface area contributed by atoms with Crippen LogP contribution in [-0.4, -0.2) is 0 Å². The maximum atomic E-state index is 13.6. The molecule has 0 bridgehead atoms. The van der Waals surface area contributed by atoms with Crippen LogP contribution in [0.3, 0.4) is 0 Å². The second-order valence-electron chi connectivity index (χ2n) is 4.39. The van der Waals surface area contributed by atoms with Crippen LogP contribution in [0.2, 0.25) is 0 Å². The number of anilines is 3. The van der Waals surface area contributed by atoms with E-state index in [-0.39, 0.29) is 5.82 Å². The monoisotopic (exact) mass is 386 g/mol. The third kappa shape index (κ3) is 3.09. The molecular weight excluding hydrogens is 375 g/mol. The molecule has 0 fully saturated rings. The molecule has 0 amide bonds. The summed E-state index contributed by atoms with van der Waals surface area (Å²) >= 11 is 6.56. The zero-order chi connectivity index (χ0) is 14.2. The van der Waals surface area contributed by atoms with Crippen LogP contribution in [-0.2, 0) is 0 Å². The minimum atomic E-state index is -0.343. The summed E-state index contributed by atoms with van der Waals surface area (Å²) in [6.07, 6.45) is 0. The molecular formula is C14H13Br2FN2. The topological polar surface area (TPSA) is 38.0 Å². The molecule has 0 aliphatic carbocycles. The number of halogens is 3. The summed E-state index contributed by atoms with van der Waals surface area (Å²) in [4.78, 5) is 0. The van der Waals surface area contributed by atoms with Gasteiger partial charge in [-0.25, -0.2) is 4.39 Å². The molecule has 2 nitrogen and oxygen atoms in total. The lowest BCUT2D eigenvalue weighted by Crippen LogP contribution is -2.01. The van der Waals surface area contributed by atoms with Crippen LogP contribution in [0.15, 0.2) is 33.2 Å². The minimum Gasteiger partial charge on any atom is -0.397 e. The lowest BCUT2D eigenvalue weighted by molar-refractivity contribution is 0.622. The van der Waals surface area contributed by atoms with Crippen molar-refractivity contribution in [1.82, 2.24) is 0 Å². The lowest BCUT2D eigenvalue weighted by atomic mass is 10.1. The number of nitrogens with one attached hydrogen (secondary N) is 1. The molecule has 19 heavy (non-hydrogen) atoms. The summed E-state index contributed by atoms with van der Waals surface area (Å²) in [6, 6.07) is 6.95. The molecule has 0 aliphatic heterocycles. The molecule has 0 aromatic heterocycles. The standard InChI is InChI=1S/C14H13Br2FN2/c1-7-3-9(15)4-8(2)14(7)19-13-6-11(17)10(16)5-12(13)18/h3-6,19H,18H2,1-2H3. The molecule has 0 spiro atoms.